The van der Waals surface area contributed by atoms with Crippen LogP contribution in [0.15, 0.2) is 95.7 Å². The quantitative estimate of drug-likeness (QED) is 0.268. The Kier molecular flexibility index (Phi) is 7.85. The van der Waals surface area contributed by atoms with Crippen molar-refractivity contribution in [3.8, 4) is 28.2 Å². The van der Waals surface area contributed by atoms with Crippen molar-refractivity contribution in [1.82, 2.24) is 9.97 Å². The van der Waals surface area contributed by atoms with E-state index in [1.165, 1.54) is 12.4 Å². The molecule has 0 aliphatic carbocycles. The Morgan fingerprint density at radius 1 is 1.00 bits per heavy atom. The Morgan fingerprint density at radius 2 is 1.78 bits per heavy atom. The van der Waals surface area contributed by atoms with Crippen LogP contribution < -0.4 is 39.6 Å². The summed E-state index contributed by atoms with van der Waals surface area (Å²) in [6.45, 7) is 0. The van der Waals surface area contributed by atoms with Gasteiger partial charge in [0.05, 0.1) is 12.5 Å². The van der Waals surface area contributed by atoms with Gasteiger partial charge in [-0.2, -0.15) is 0 Å². The molecule has 0 unspecified atom stereocenters. The number of nitrogens with zero attached hydrogens (tertiary/aromatic N) is 2. The molecule has 0 aliphatic heterocycles. The number of carboxylic acids is 1. The summed E-state index contributed by atoms with van der Waals surface area (Å²) < 4.78 is 11.6. The Bertz CT molecular complexity index is 1540. The fourth-order valence-corrected chi connectivity index (χ4v) is 3.88. The average Bonchev–Trinajstić information content (AvgIpc) is 3.29. The third-order valence-corrected chi connectivity index (χ3v) is 5.47. The van der Waals surface area contributed by atoms with Gasteiger partial charge in [-0.1, -0.05) is 54.6 Å². The Labute approximate surface area is 231 Å². The number of carbonyl (C=O) groups is 1. The molecule has 2 aromatic heterocycles. The molecule has 7 nitrogen and oxygen atoms in total. The SMILES string of the molecule is COc1ccc(-c2c(-c3ccccc3)oc3ncnc(Nc4cccc(C=CC(=O)O)c4)c23)cc1.[H-].[Na+]. The van der Waals surface area contributed by atoms with Crippen molar-refractivity contribution in [2.45, 2.75) is 0 Å². The maximum atomic E-state index is 10.9. The average molecular weight is 487 g/mol. The standard InChI is InChI=1S/C28H21N3O4.Na.H/c1-34-22-13-11-19(12-14-22)24-25-27(31-21-9-5-6-18(16-21)10-15-23(32)33)29-17-30-28(25)35-26(24)20-7-3-2-4-8-20;;/h2-17H,1H3,(H,32,33)(H,29,30,31);;/q;+1;-1. The van der Waals surface area contributed by atoms with Crippen molar-refractivity contribution >= 4 is 34.7 Å². The van der Waals surface area contributed by atoms with Crippen LogP contribution in [0.25, 0.3) is 39.6 Å². The van der Waals surface area contributed by atoms with Crippen LogP contribution in [0.4, 0.5) is 11.5 Å². The predicted octanol–water partition coefficient (Wildman–Crippen LogP) is 3.52. The smallest absolute Gasteiger partial charge is 1.00 e. The summed E-state index contributed by atoms with van der Waals surface area (Å²) >= 11 is 0. The summed E-state index contributed by atoms with van der Waals surface area (Å²) in [4.78, 5) is 19.8. The van der Waals surface area contributed by atoms with E-state index in [0.29, 0.717) is 17.3 Å². The summed E-state index contributed by atoms with van der Waals surface area (Å²) in [5, 5.41) is 13.0. The van der Waals surface area contributed by atoms with E-state index in [2.05, 4.69) is 15.3 Å². The van der Waals surface area contributed by atoms with Crippen LogP contribution in [0, 0.1) is 0 Å². The first-order valence-electron chi connectivity index (χ1n) is 10.9. The van der Waals surface area contributed by atoms with Crippen molar-refractivity contribution in [3.63, 3.8) is 0 Å². The zero-order valence-electron chi connectivity index (χ0n) is 20.8. The number of carboxylic acid groups (broad SMARTS) is 1. The van der Waals surface area contributed by atoms with Crippen molar-refractivity contribution in [1.29, 1.82) is 0 Å². The Hall–Kier alpha value is -3.91. The van der Waals surface area contributed by atoms with Crippen LogP contribution in [0.1, 0.15) is 6.99 Å². The summed E-state index contributed by atoms with van der Waals surface area (Å²) in [6, 6.07) is 25.0. The van der Waals surface area contributed by atoms with Crippen LogP contribution in [0.2, 0.25) is 0 Å². The molecule has 174 valence electrons. The minimum atomic E-state index is -1.00. The molecule has 36 heavy (non-hydrogen) atoms. The minimum absolute atomic E-state index is 0. The fourth-order valence-electron chi connectivity index (χ4n) is 3.88. The van der Waals surface area contributed by atoms with Gasteiger partial charge in [-0.05, 0) is 41.5 Å². The molecule has 0 bridgehead atoms. The van der Waals surface area contributed by atoms with E-state index < -0.39 is 5.97 Å². The fraction of sp³-hybridized carbons (Fsp3) is 0.0357. The molecule has 2 heterocycles. The van der Waals surface area contributed by atoms with Crippen LogP contribution in [-0.2, 0) is 4.79 Å². The van der Waals surface area contributed by atoms with Crippen molar-refractivity contribution < 1.29 is 50.0 Å². The molecule has 2 N–H and O–H groups in total. The Balaban J connectivity index is 0.00000190. The second-order valence-electron chi connectivity index (χ2n) is 7.73. The van der Waals surface area contributed by atoms with Crippen molar-refractivity contribution in [3.05, 3.63) is 96.8 Å². The van der Waals surface area contributed by atoms with Crippen molar-refractivity contribution in [2.24, 2.45) is 0 Å². The first kappa shape index (κ1) is 25.2. The van der Waals surface area contributed by atoms with Gasteiger partial charge >= 0.3 is 35.5 Å². The molecule has 0 saturated heterocycles. The number of furan rings is 1. The first-order valence-corrected chi connectivity index (χ1v) is 10.9. The van der Waals surface area contributed by atoms with Gasteiger partial charge in [-0.25, -0.2) is 14.8 Å². The van der Waals surface area contributed by atoms with E-state index in [4.69, 9.17) is 14.3 Å². The number of aliphatic carboxylic acids is 1. The molecule has 5 aromatic rings. The number of benzene rings is 3. The summed E-state index contributed by atoms with van der Waals surface area (Å²) in [5.41, 5.74) is 4.66. The van der Waals surface area contributed by atoms with Crippen LogP contribution in [-0.4, -0.2) is 28.2 Å². The summed E-state index contributed by atoms with van der Waals surface area (Å²) in [6.07, 6.45) is 4.10. The molecular formula is C28H22N3NaO4. The van der Waals surface area contributed by atoms with Gasteiger partial charge in [0, 0.05) is 22.9 Å². The molecule has 0 aliphatic rings. The molecule has 0 amide bonds. The van der Waals surface area contributed by atoms with E-state index >= 15 is 0 Å². The van der Waals surface area contributed by atoms with Gasteiger partial charge in [-0.15, -0.1) is 0 Å². The van der Waals surface area contributed by atoms with E-state index in [-0.39, 0.29) is 31.0 Å². The molecule has 0 atom stereocenters. The molecule has 0 radical (unpaired) electrons. The number of hydrogen-bond donors (Lipinski definition) is 2. The zero-order valence-corrected chi connectivity index (χ0v) is 21.8. The summed E-state index contributed by atoms with van der Waals surface area (Å²) in [7, 11) is 1.63. The van der Waals surface area contributed by atoms with Gasteiger partial charge in [0.1, 0.15) is 23.7 Å². The molecule has 3 aromatic carbocycles. The van der Waals surface area contributed by atoms with E-state index in [1.807, 2.05) is 78.9 Å². The topological polar surface area (TPSA) is 97.5 Å². The number of fused-ring (bicyclic) bond motifs is 1. The van der Waals surface area contributed by atoms with Crippen LogP contribution >= 0.6 is 0 Å². The third kappa shape index (κ3) is 5.33. The monoisotopic (exact) mass is 487 g/mol. The van der Waals surface area contributed by atoms with Gasteiger partial charge < -0.3 is 21.0 Å². The first-order chi connectivity index (χ1) is 17.1. The molecule has 5 rings (SSSR count). The normalized spacial score (nSPS) is 10.8. The minimum Gasteiger partial charge on any atom is -1.00 e. The summed E-state index contributed by atoms with van der Waals surface area (Å²) in [5.74, 6) is 1.01. The molecule has 8 heteroatoms. The number of aromatic nitrogens is 2. The maximum absolute atomic E-state index is 10.9. The van der Waals surface area contributed by atoms with Gasteiger partial charge in [0.25, 0.3) is 0 Å². The zero-order chi connectivity index (χ0) is 24.2. The molecular weight excluding hydrogens is 465 g/mol. The largest absolute Gasteiger partial charge is 1.00 e. The predicted molar refractivity (Wildman–Crippen MR) is 137 cm³/mol. The number of methoxy groups -OCH3 is 1. The van der Waals surface area contributed by atoms with Crippen LogP contribution in [0.3, 0.4) is 0 Å². The molecule has 0 fully saturated rings. The second kappa shape index (κ2) is 11.2. The van der Waals surface area contributed by atoms with Gasteiger partial charge in [0.2, 0.25) is 5.71 Å². The Morgan fingerprint density at radius 3 is 2.50 bits per heavy atom. The van der Waals surface area contributed by atoms with Crippen LogP contribution in [0.5, 0.6) is 5.75 Å². The number of nitrogens with one attached hydrogen (secondary N) is 1. The molecule has 0 spiro atoms. The number of hydrogen-bond acceptors (Lipinski definition) is 6. The number of rotatable bonds is 7. The number of anilines is 2. The van der Waals surface area contributed by atoms with E-state index in [1.54, 1.807) is 7.11 Å². The van der Waals surface area contributed by atoms with E-state index in [0.717, 1.165) is 45.2 Å². The van der Waals surface area contributed by atoms with Crippen molar-refractivity contribution in [2.75, 3.05) is 12.4 Å². The van der Waals surface area contributed by atoms with E-state index in [9.17, 15) is 4.79 Å². The second-order valence-corrected chi connectivity index (χ2v) is 7.73. The number of ether oxygens (including phenoxy) is 1. The molecule has 0 saturated carbocycles. The van der Waals surface area contributed by atoms with Gasteiger partial charge in [0.15, 0.2) is 0 Å². The third-order valence-electron chi connectivity index (χ3n) is 5.47. The van der Waals surface area contributed by atoms with Gasteiger partial charge in [-0.3, -0.25) is 0 Å². The maximum Gasteiger partial charge on any atom is 1.00 e.